The number of hydrogen-bond acceptors (Lipinski definition) is 2. The fraction of sp³-hybridized carbons (Fsp3) is 0. The van der Waals surface area contributed by atoms with Gasteiger partial charge in [-0.05, 0) is 42.0 Å². The topological polar surface area (TPSA) is 24.4 Å². The maximum absolute atomic E-state index is 5.78. The molecule has 0 saturated heterocycles. The number of nitrogens with one attached hydrogen (secondary N) is 1. The van der Waals surface area contributed by atoms with Gasteiger partial charge >= 0.3 is 0 Å². The Labute approximate surface area is 110 Å². The van der Waals surface area contributed by atoms with Crippen molar-refractivity contribution < 1.29 is 0 Å². The largest absolute Gasteiger partial charge is 0.279 e. The molecular weight excluding hydrogens is 255 g/mol. The minimum absolute atomic E-state index is 0.706. The summed E-state index contributed by atoms with van der Waals surface area (Å²) in [6.45, 7) is 0. The summed E-state index contributed by atoms with van der Waals surface area (Å²) in [6, 6.07) is 14.8. The zero-order valence-electron chi connectivity index (χ0n) is 8.90. The highest BCUT2D eigenvalue weighted by Crippen LogP contribution is 2.13. The van der Waals surface area contributed by atoms with Gasteiger partial charge in [-0.2, -0.15) is 5.10 Å². The van der Waals surface area contributed by atoms with E-state index in [-0.39, 0.29) is 0 Å². The van der Waals surface area contributed by atoms with E-state index in [4.69, 9.17) is 23.2 Å². The number of rotatable bonds is 3. The Balaban J connectivity index is 1.97. The van der Waals surface area contributed by atoms with Crippen molar-refractivity contribution in [1.29, 1.82) is 0 Å². The molecule has 0 aromatic heterocycles. The van der Waals surface area contributed by atoms with Gasteiger partial charge in [-0.15, -0.1) is 0 Å². The van der Waals surface area contributed by atoms with Gasteiger partial charge in [0.05, 0.1) is 11.9 Å². The van der Waals surface area contributed by atoms with Crippen LogP contribution in [-0.4, -0.2) is 6.21 Å². The van der Waals surface area contributed by atoms with Gasteiger partial charge in [0.2, 0.25) is 0 Å². The molecule has 0 aliphatic heterocycles. The third-order valence-electron chi connectivity index (χ3n) is 2.12. The molecule has 86 valence electrons. The smallest absolute Gasteiger partial charge is 0.0562 e. The van der Waals surface area contributed by atoms with Gasteiger partial charge in [-0.25, -0.2) is 0 Å². The molecule has 0 spiro atoms. The number of hydrogen-bond donors (Lipinski definition) is 1. The minimum Gasteiger partial charge on any atom is -0.279 e. The van der Waals surface area contributed by atoms with Gasteiger partial charge in [0.1, 0.15) is 0 Å². The van der Waals surface area contributed by atoms with Crippen LogP contribution in [-0.2, 0) is 0 Å². The van der Waals surface area contributed by atoms with E-state index >= 15 is 0 Å². The highest BCUT2D eigenvalue weighted by molar-refractivity contribution is 6.30. The van der Waals surface area contributed by atoms with Crippen molar-refractivity contribution in [3.8, 4) is 0 Å². The van der Waals surface area contributed by atoms with Crippen LogP contribution in [0.5, 0.6) is 0 Å². The molecule has 2 aromatic rings. The standard InChI is InChI=1S/C13H10Cl2N2/c14-11-3-1-10(2-4-11)9-16-17-13-7-5-12(15)6-8-13/h1-9,17H/b16-9-. The summed E-state index contributed by atoms with van der Waals surface area (Å²) in [6.07, 6.45) is 1.73. The van der Waals surface area contributed by atoms with E-state index < -0.39 is 0 Å². The number of hydrazone groups is 1. The summed E-state index contributed by atoms with van der Waals surface area (Å²) in [5.41, 5.74) is 4.78. The summed E-state index contributed by atoms with van der Waals surface area (Å²) >= 11 is 11.6. The molecule has 0 heterocycles. The van der Waals surface area contributed by atoms with Gasteiger partial charge in [0.15, 0.2) is 0 Å². The van der Waals surface area contributed by atoms with Crippen LogP contribution >= 0.6 is 23.2 Å². The van der Waals surface area contributed by atoms with E-state index in [0.717, 1.165) is 11.3 Å². The lowest BCUT2D eigenvalue weighted by atomic mass is 10.2. The molecule has 0 atom stereocenters. The van der Waals surface area contributed by atoms with Gasteiger partial charge in [-0.3, -0.25) is 5.43 Å². The predicted octanol–water partition coefficient (Wildman–Crippen LogP) is 4.44. The third kappa shape index (κ3) is 3.77. The Hall–Kier alpha value is -1.51. The molecule has 2 nitrogen and oxygen atoms in total. The predicted molar refractivity (Wildman–Crippen MR) is 74.1 cm³/mol. The van der Waals surface area contributed by atoms with E-state index in [1.165, 1.54) is 0 Å². The first-order valence-electron chi connectivity index (χ1n) is 5.04. The number of halogens is 2. The fourth-order valence-corrected chi connectivity index (χ4v) is 1.51. The van der Waals surface area contributed by atoms with Crippen LogP contribution in [0.2, 0.25) is 10.0 Å². The number of benzene rings is 2. The van der Waals surface area contributed by atoms with Crippen molar-refractivity contribution in [3.63, 3.8) is 0 Å². The molecule has 0 bridgehead atoms. The Morgan fingerprint density at radius 1 is 0.824 bits per heavy atom. The van der Waals surface area contributed by atoms with Crippen LogP contribution in [0.15, 0.2) is 53.6 Å². The average Bonchev–Trinajstić information content (AvgIpc) is 2.34. The minimum atomic E-state index is 0.706. The lowest BCUT2D eigenvalue weighted by Crippen LogP contribution is -1.89. The zero-order chi connectivity index (χ0) is 12.1. The monoisotopic (exact) mass is 264 g/mol. The third-order valence-corrected chi connectivity index (χ3v) is 2.63. The summed E-state index contributed by atoms with van der Waals surface area (Å²) in [5.74, 6) is 0. The van der Waals surface area contributed by atoms with E-state index in [2.05, 4.69) is 10.5 Å². The fourth-order valence-electron chi connectivity index (χ4n) is 1.25. The van der Waals surface area contributed by atoms with Crippen LogP contribution < -0.4 is 5.43 Å². The first-order chi connectivity index (χ1) is 8.24. The van der Waals surface area contributed by atoms with E-state index in [1.54, 1.807) is 6.21 Å². The lowest BCUT2D eigenvalue weighted by Gasteiger charge is -1.99. The maximum Gasteiger partial charge on any atom is 0.0562 e. The van der Waals surface area contributed by atoms with Crippen molar-refractivity contribution >= 4 is 35.1 Å². The van der Waals surface area contributed by atoms with Crippen molar-refractivity contribution in [2.45, 2.75) is 0 Å². The molecule has 0 fully saturated rings. The maximum atomic E-state index is 5.78. The first-order valence-corrected chi connectivity index (χ1v) is 5.80. The number of nitrogens with zero attached hydrogens (tertiary/aromatic N) is 1. The molecule has 0 aliphatic carbocycles. The summed E-state index contributed by atoms with van der Waals surface area (Å²) < 4.78 is 0. The summed E-state index contributed by atoms with van der Waals surface area (Å²) in [4.78, 5) is 0. The molecule has 0 unspecified atom stereocenters. The Morgan fingerprint density at radius 3 is 1.94 bits per heavy atom. The quantitative estimate of drug-likeness (QED) is 0.644. The van der Waals surface area contributed by atoms with Crippen molar-refractivity contribution in [1.82, 2.24) is 0 Å². The molecule has 1 N–H and O–H groups in total. The van der Waals surface area contributed by atoms with Gasteiger partial charge in [0.25, 0.3) is 0 Å². The average molecular weight is 265 g/mol. The number of anilines is 1. The summed E-state index contributed by atoms with van der Waals surface area (Å²) in [5, 5.41) is 5.53. The van der Waals surface area contributed by atoms with Crippen LogP contribution in [0.1, 0.15) is 5.56 Å². The van der Waals surface area contributed by atoms with Crippen LogP contribution in [0.3, 0.4) is 0 Å². The van der Waals surface area contributed by atoms with E-state index in [1.807, 2.05) is 48.5 Å². The van der Waals surface area contributed by atoms with E-state index in [0.29, 0.717) is 10.0 Å². The Morgan fingerprint density at radius 2 is 1.35 bits per heavy atom. The summed E-state index contributed by atoms with van der Waals surface area (Å²) in [7, 11) is 0. The van der Waals surface area contributed by atoms with Crippen LogP contribution in [0.25, 0.3) is 0 Å². The second-order valence-corrected chi connectivity index (χ2v) is 4.30. The molecular formula is C13H10Cl2N2. The van der Waals surface area contributed by atoms with Crippen molar-refractivity contribution in [2.75, 3.05) is 5.43 Å². The Bertz CT molecular complexity index is 504. The molecule has 0 aliphatic rings. The second-order valence-electron chi connectivity index (χ2n) is 3.43. The highest BCUT2D eigenvalue weighted by atomic mass is 35.5. The molecule has 4 heteroatoms. The SMILES string of the molecule is Clc1ccc(/C=N\Nc2ccc(Cl)cc2)cc1. The van der Waals surface area contributed by atoms with Crippen LogP contribution in [0, 0.1) is 0 Å². The molecule has 0 saturated carbocycles. The zero-order valence-corrected chi connectivity index (χ0v) is 10.4. The van der Waals surface area contributed by atoms with Gasteiger partial charge in [-0.1, -0.05) is 35.3 Å². The van der Waals surface area contributed by atoms with E-state index in [9.17, 15) is 0 Å². The molecule has 17 heavy (non-hydrogen) atoms. The van der Waals surface area contributed by atoms with Crippen LogP contribution in [0.4, 0.5) is 5.69 Å². The molecule has 0 radical (unpaired) electrons. The molecule has 2 rings (SSSR count). The Kier molecular flexibility index (Phi) is 4.02. The van der Waals surface area contributed by atoms with Gasteiger partial charge < -0.3 is 0 Å². The normalized spacial score (nSPS) is 10.7. The van der Waals surface area contributed by atoms with Crippen molar-refractivity contribution in [3.05, 3.63) is 64.1 Å². The highest BCUT2D eigenvalue weighted by Gasteiger charge is 1.90. The molecule has 2 aromatic carbocycles. The van der Waals surface area contributed by atoms with Crippen molar-refractivity contribution in [2.24, 2.45) is 5.10 Å². The second kappa shape index (κ2) is 5.71. The lowest BCUT2D eigenvalue weighted by molar-refractivity contribution is 1.35. The first kappa shape index (κ1) is 12.0. The van der Waals surface area contributed by atoms with Gasteiger partial charge in [0, 0.05) is 10.0 Å². The molecule has 0 amide bonds.